The van der Waals surface area contributed by atoms with E-state index in [1.54, 1.807) is 0 Å². The van der Waals surface area contributed by atoms with Crippen molar-refractivity contribution in [3.8, 4) is 0 Å². The van der Waals surface area contributed by atoms with Crippen molar-refractivity contribution < 1.29 is 0 Å². The Balaban J connectivity index is 1.92. The van der Waals surface area contributed by atoms with Gasteiger partial charge in [-0.3, -0.25) is 0 Å². The minimum atomic E-state index is 0.871. The highest BCUT2D eigenvalue weighted by molar-refractivity contribution is 7.99. The normalized spacial score (nSPS) is 20.8. The zero-order chi connectivity index (χ0) is 10.7. The van der Waals surface area contributed by atoms with Crippen LogP contribution >= 0.6 is 11.8 Å². The maximum atomic E-state index is 3.42. The molecule has 0 saturated carbocycles. The fourth-order valence-electron chi connectivity index (χ4n) is 2.03. The highest BCUT2D eigenvalue weighted by atomic mass is 32.2. The van der Waals surface area contributed by atoms with Crippen LogP contribution in [-0.4, -0.2) is 18.8 Å². The van der Waals surface area contributed by atoms with Crippen molar-refractivity contribution >= 4 is 11.8 Å². The number of hydrogen-bond acceptors (Lipinski definition) is 2. The van der Waals surface area contributed by atoms with E-state index in [0.717, 1.165) is 5.92 Å². The van der Waals surface area contributed by atoms with Crippen molar-refractivity contribution in [2.45, 2.75) is 25.2 Å². The Labute approximate surface area is 96.7 Å². The molecule has 82 valence electrons. The fraction of sp³-hybridized carbons (Fsp3) is 0.538. The first kappa shape index (κ1) is 11.0. The lowest BCUT2D eigenvalue weighted by atomic mass is 10.2. The summed E-state index contributed by atoms with van der Waals surface area (Å²) in [5, 5.41) is 3.42. The topological polar surface area (TPSA) is 12.0 Å². The molecule has 1 aromatic rings. The average molecular weight is 221 g/mol. The second-order valence-corrected chi connectivity index (χ2v) is 5.50. The van der Waals surface area contributed by atoms with Gasteiger partial charge < -0.3 is 5.32 Å². The molecule has 15 heavy (non-hydrogen) atoms. The van der Waals surface area contributed by atoms with Crippen molar-refractivity contribution in [2.75, 3.05) is 18.8 Å². The van der Waals surface area contributed by atoms with Crippen molar-refractivity contribution in [1.82, 2.24) is 5.32 Å². The number of aryl methyl sites for hydroxylation is 2. The van der Waals surface area contributed by atoms with E-state index in [4.69, 9.17) is 0 Å². The van der Waals surface area contributed by atoms with Gasteiger partial charge in [-0.15, -0.1) is 11.8 Å². The van der Waals surface area contributed by atoms with Crippen LogP contribution in [0.3, 0.4) is 0 Å². The quantitative estimate of drug-likeness (QED) is 0.788. The van der Waals surface area contributed by atoms with Gasteiger partial charge in [0.15, 0.2) is 0 Å². The predicted molar refractivity (Wildman–Crippen MR) is 67.6 cm³/mol. The van der Waals surface area contributed by atoms with Gasteiger partial charge in [-0.05, 0) is 50.9 Å². The highest BCUT2D eigenvalue weighted by Gasteiger charge is 2.14. The Kier molecular flexibility index (Phi) is 3.71. The number of benzene rings is 1. The second kappa shape index (κ2) is 5.04. The summed E-state index contributed by atoms with van der Waals surface area (Å²) in [5.41, 5.74) is 2.78. The Morgan fingerprint density at radius 1 is 1.40 bits per heavy atom. The van der Waals surface area contributed by atoms with Crippen molar-refractivity contribution in [3.63, 3.8) is 0 Å². The van der Waals surface area contributed by atoms with Crippen LogP contribution in [-0.2, 0) is 0 Å². The smallest absolute Gasteiger partial charge is 0.0101 e. The summed E-state index contributed by atoms with van der Waals surface area (Å²) in [6, 6.07) is 6.75. The summed E-state index contributed by atoms with van der Waals surface area (Å²) in [5.74, 6) is 2.13. The van der Waals surface area contributed by atoms with E-state index >= 15 is 0 Å². The van der Waals surface area contributed by atoms with Gasteiger partial charge in [-0.2, -0.15) is 0 Å². The minimum absolute atomic E-state index is 0.871. The molecule has 1 aliphatic heterocycles. The van der Waals surface area contributed by atoms with Crippen LogP contribution in [0.2, 0.25) is 0 Å². The van der Waals surface area contributed by atoms with E-state index in [-0.39, 0.29) is 0 Å². The first-order chi connectivity index (χ1) is 7.25. The summed E-state index contributed by atoms with van der Waals surface area (Å²) >= 11 is 2.01. The van der Waals surface area contributed by atoms with E-state index in [9.17, 15) is 0 Å². The molecule has 1 fully saturated rings. The molecule has 1 aromatic carbocycles. The van der Waals surface area contributed by atoms with Crippen molar-refractivity contribution in [1.29, 1.82) is 0 Å². The third-order valence-electron chi connectivity index (χ3n) is 2.97. The molecule has 2 heteroatoms. The molecule has 1 saturated heterocycles. The van der Waals surface area contributed by atoms with Crippen LogP contribution < -0.4 is 5.32 Å². The van der Waals surface area contributed by atoms with Gasteiger partial charge in [-0.1, -0.05) is 17.7 Å². The van der Waals surface area contributed by atoms with Gasteiger partial charge in [0.1, 0.15) is 0 Å². The SMILES string of the molecule is Cc1ccc(SCC2CCNC2)c(C)c1. The van der Waals surface area contributed by atoms with Crippen LogP contribution in [0.1, 0.15) is 17.5 Å². The average Bonchev–Trinajstić information content (AvgIpc) is 2.69. The molecule has 1 atom stereocenters. The lowest BCUT2D eigenvalue weighted by Crippen LogP contribution is -2.10. The zero-order valence-corrected chi connectivity index (χ0v) is 10.4. The molecule has 1 heterocycles. The third-order valence-corrected chi connectivity index (χ3v) is 4.37. The molecule has 0 bridgehead atoms. The summed E-state index contributed by atoms with van der Waals surface area (Å²) in [4.78, 5) is 1.45. The van der Waals surface area contributed by atoms with Crippen molar-refractivity contribution in [2.24, 2.45) is 5.92 Å². The Morgan fingerprint density at radius 2 is 2.27 bits per heavy atom. The Morgan fingerprint density at radius 3 is 2.93 bits per heavy atom. The summed E-state index contributed by atoms with van der Waals surface area (Å²) in [6.45, 7) is 6.78. The first-order valence-electron chi connectivity index (χ1n) is 5.66. The first-order valence-corrected chi connectivity index (χ1v) is 6.65. The standard InChI is InChI=1S/C13H19NS/c1-10-3-4-13(11(2)7-10)15-9-12-5-6-14-8-12/h3-4,7,12,14H,5-6,8-9H2,1-2H3. The van der Waals surface area contributed by atoms with Gasteiger partial charge in [0.25, 0.3) is 0 Å². The van der Waals surface area contributed by atoms with Gasteiger partial charge in [-0.25, -0.2) is 0 Å². The van der Waals surface area contributed by atoms with Gasteiger partial charge in [0.05, 0.1) is 0 Å². The maximum absolute atomic E-state index is 3.42. The molecule has 1 unspecified atom stereocenters. The molecule has 1 nitrogen and oxygen atoms in total. The highest BCUT2D eigenvalue weighted by Crippen LogP contribution is 2.26. The van der Waals surface area contributed by atoms with E-state index in [0.29, 0.717) is 0 Å². The van der Waals surface area contributed by atoms with E-state index < -0.39 is 0 Å². The molecule has 1 aliphatic rings. The van der Waals surface area contributed by atoms with Crippen molar-refractivity contribution in [3.05, 3.63) is 29.3 Å². The molecule has 0 amide bonds. The lowest BCUT2D eigenvalue weighted by Gasteiger charge is -2.10. The Hall–Kier alpha value is -0.470. The molecule has 0 radical (unpaired) electrons. The lowest BCUT2D eigenvalue weighted by molar-refractivity contribution is 0.662. The Bertz CT molecular complexity index is 329. The van der Waals surface area contributed by atoms with Gasteiger partial charge in [0.2, 0.25) is 0 Å². The van der Waals surface area contributed by atoms with Crippen LogP contribution in [0.5, 0.6) is 0 Å². The second-order valence-electron chi connectivity index (χ2n) is 4.44. The van der Waals surface area contributed by atoms with Crippen LogP contribution in [0, 0.1) is 19.8 Å². The number of nitrogens with one attached hydrogen (secondary N) is 1. The molecule has 2 rings (SSSR count). The largest absolute Gasteiger partial charge is 0.316 e. The molecule has 0 aromatic heterocycles. The monoisotopic (exact) mass is 221 g/mol. The number of hydrogen-bond donors (Lipinski definition) is 1. The predicted octanol–water partition coefficient (Wildman–Crippen LogP) is 3.01. The molecule has 1 N–H and O–H groups in total. The number of thioether (sulfide) groups is 1. The van der Waals surface area contributed by atoms with E-state index in [2.05, 4.69) is 37.4 Å². The van der Waals surface area contributed by atoms with E-state index in [1.807, 2.05) is 11.8 Å². The summed E-state index contributed by atoms with van der Waals surface area (Å²) in [6.07, 6.45) is 1.35. The van der Waals surface area contributed by atoms with Gasteiger partial charge >= 0.3 is 0 Å². The van der Waals surface area contributed by atoms with Crippen LogP contribution in [0.25, 0.3) is 0 Å². The molecule has 0 spiro atoms. The van der Waals surface area contributed by atoms with Gasteiger partial charge in [0, 0.05) is 10.6 Å². The molecule has 0 aliphatic carbocycles. The number of rotatable bonds is 3. The maximum Gasteiger partial charge on any atom is 0.0101 e. The molecular formula is C13H19NS. The van der Waals surface area contributed by atoms with Crippen LogP contribution in [0.4, 0.5) is 0 Å². The zero-order valence-electron chi connectivity index (χ0n) is 9.55. The minimum Gasteiger partial charge on any atom is -0.316 e. The molecular weight excluding hydrogens is 202 g/mol. The van der Waals surface area contributed by atoms with E-state index in [1.165, 1.54) is 41.3 Å². The van der Waals surface area contributed by atoms with Crippen LogP contribution in [0.15, 0.2) is 23.1 Å². The third kappa shape index (κ3) is 2.99. The summed E-state index contributed by atoms with van der Waals surface area (Å²) in [7, 11) is 0. The fourth-order valence-corrected chi connectivity index (χ4v) is 3.18. The summed E-state index contributed by atoms with van der Waals surface area (Å²) < 4.78 is 0.